The Morgan fingerprint density at radius 2 is 2.03 bits per heavy atom. The van der Waals surface area contributed by atoms with Crippen LogP contribution in [0.2, 0.25) is 0 Å². The van der Waals surface area contributed by atoms with Gasteiger partial charge in [0.05, 0.1) is 5.92 Å². The summed E-state index contributed by atoms with van der Waals surface area (Å²) in [6.45, 7) is 2.89. The van der Waals surface area contributed by atoms with Gasteiger partial charge in [-0.1, -0.05) is 24.2 Å². The number of halogens is 1. The van der Waals surface area contributed by atoms with Crippen LogP contribution in [0.5, 0.6) is 0 Å². The molecule has 0 bridgehead atoms. The fourth-order valence-electron chi connectivity index (χ4n) is 3.64. The minimum absolute atomic E-state index is 0.0672. The summed E-state index contributed by atoms with van der Waals surface area (Å²) >= 11 is 0. The van der Waals surface area contributed by atoms with Crippen molar-refractivity contribution in [2.75, 3.05) is 18.4 Å². The number of rotatable bonds is 5. The molecular formula is C23H23FN4O3. The minimum atomic E-state index is -0.371. The summed E-state index contributed by atoms with van der Waals surface area (Å²) in [6.07, 6.45) is 2.04. The molecule has 1 N–H and O–H groups in total. The number of anilines is 1. The fraction of sp³-hybridized carbons (Fsp3) is 0.304. The van der Waals surface area contributed by atoms with E-state index in [0.29, 0.717) is 42.5 Å². The first-order valence-corrected chi connectivity index (χ1v) is 10.3. The number of hydrogen-bond acceptors (Lipinski definition) is 5. The van der Waals surface area contributed by atoms with Gasteiger partial charge in [-0.15, -0.1) is 0 Å². The maximum Gasteiger partial charge on any atom is 0.253 e. The third-order valence-corrected chi connectivity index (χ3v) is 5.32. The summed E-state index contributed by atoms with van der Waals surface area (Å²) in [5, 5.41) is 6.91. The van der Waals surface area contributed by atoms with E-state index in [1.54, 1.807) is 24.0 Å². The van der Waals surface area contributed by atoms with Gasteiger partial charge in [0.15, 0.2) is 0 Å². The average molecular weight is 422 g/mol. The molecule has 3 aromatic rings. The van der Waals surface area contributed by atoms with Crippen LogP contribution in [0.1, 0.15) is 48.4 Å². The molecule has 8 heteroatoms. The summed E-state index contributed by atoms with van der Waals surface area (Å²) in [5.41, 5.74) is 1.86. The number of aromatic nitrogens is 2. The number of likely N-dealkylation sites (tertiary alicyclic amines) is 1. The summed E-state index contributed by atoms with van der Waals surface area (Å²) in [5.74, 6) is 0.272. The molecule has 0 saturated carbocycles. The summed E-state index contributed by atoms with van der Waals surface area (Å²) in [7, 11) is 0. The van der Waals surface area contributed by atoms with Gasteiger partial charge < -0.3 is 14.7 Å². The van der Waals surface area contributed by atoms with E-state index < -0.39 is 0 Å². The SMILES string of the molecule is CCC(=O)Nc1cccc(-c2noc([C@H]3CCCN(C(=O)c4ccc(F)cc4)C3)n2)c1. The van der Waals surface area contributed by atoms with Crippen LogP contribution < -0.4 is 5.32 Å². The van der Waals surface area contributed by atoms with Gasteiger partial charge >= 0.3 is 0 Å². The quantitative estimate of drug-likeness (QED) is 0.664. The first kappa shape index (κ1) is 20.7. The van der Waals surface area contributed by atoms with Crippen LogP contribution in [0.4, 0.5) is 10.1 Å². The molecule has 1 aliphatic heterocycles. The van der Waals surface area contributed by atoms with Gasteiger partial charge in [0.1, 0.15) is 5.82 Å². The van der Waals surface area contributed by atoms with E-state index in [0.717, 1.165) is 18.4 Å². The van der Waals surface area contributed by atoms with Crippen molar-refractivity contribution in [1.82, 2.24) is 15.0 Å². The Labute approximate surface area is 179 Å². The second kappa shape index (κ2) is 9.07. The van der Waals surface area contributed by atoms with E-state index in [-0.39, 0.29) is 23.5 Å². The standard InChI is InChI=1S/C23H23FN4O3/c1-2-20(29)25-19-7-3-5-16(13-19)21-26-22(31-27-21)17-6-4-12-28(14-17)23(30)15-8-10-18(24)11-9-15/h3,5,7-11,13,17H,2,4,6,12,14H2,1H3,(H,25,29)/t17-/m0/s1. The lowest BCUT2D eigenvalue weighted by molar-refractivity contribution is -0.115. The first-order valence-electron chi connectivity index (χ1n) is 10.3. The van der Waals surface area contributed by atoms with Crippen LogP contribution in [-0.2, 0) is 4.79 Å². The molecule has 1 aromatic heterocycles. The predicted molar refractivity (Wildman–Crippen MR) is 113 cm³/mol. The van der Waals surface area contributed by atoms with Gasteiger partial charge in [-0.2, -0.15) is 4.98 Å². The fourth-order valence-corrected chi connectivity index (χ4v) is 3.64. The molecule has 160 valence electrons. The van der Waals surface area contributed by atoms with Gasteiger partial charge in [0, 0.05) is 36.3 Å². The Bertz CT molecular complexity index is 1080. The Morgan fingerprint density at radius 1 is 1.23 bits per heavy atom. The van der Waals surface area contributed by atoms with E-state index >= 15 is 0 Å². The average Bonchev–Trinajstić information content (AvgIpc) is 3.30. The van der Waals surface area contributed by atoms with E-state index in [4.69, 9.17) is 4.52 Å². The van der Waals surface area contributed by atoms with Crippen molar-refractivity contribution >= 4 is 17.5 Å². The lowest BCUT2D eigenvalue weighted by Gasteiger charge is -2.31. The number of carbonyl (C=O) groups excluding carboxylic acids is 2. The number of hydrogen-bond donors (Lipinski definition) is 1. The number of amides is 2. The molecule has 0 aliphatic carbocycles. The number of nitrogens with one attached hydrogen (secondary N) is 1. The Hall–Kier alpha value is -3.55. The second-order valence-electron chi connectivity index (χ2n) is 7.54. The Kier molecular flexibility index (Phi) is 6.06. The second-order valence-corrected chi connectivity index (χ2v) is 7.54. The Balaban J connectivity index is 1.47. The molecule has 1 aliphatic rings. The van der Waals surface area contributed by atoms with Crippen LogP contribution in [0.3, 0.4) is 0 Å². The van der Waals surface area contributed by atoms with Crippen molar-refractivity contribution in [3.8, 4) is 11.4 Å². The third-order valence-electron chi connectivity index (χ3n) is 5.32. The molecule has 0 unspecified atom stereocenters. The van der Waals surface area contributed by atoms with Crippen molar-refractivity contribution in [3.05, 3.63) is 65.8 Å². The molecule has 4 rings (SSSR count). The molecule has 1 fully saturated rings. The predicted octanol–water partition coefficient (Wildman–Crippen LogP) is 4.24. The van der Waals surface area contributed by atoms with Gasteiger partial charge in [-0.25, -0.2) is 4.39 Å². The number of carbonyl (C=O) groups is 2. The number of benzene rings is 2. The van der Waals surface area contributed by atoms with Gasteiger partial charge in [-0.05, 0) is 49.2 Å². The molecular weight excluding hydrogens is 399 g/mol. The van der Waals surface area contributed by atoms with Crippen molar-refractivity contribution in [3.63, 3.8) is 0 Å². The highest BCUT2D eigenvalue weighted by Crippen LogP contribution is 2.29. The maximum absolute atomic E-state index is 13.2. The first-order chi connectivity index (χ1) is 15.0. The molecule has 2 aromatic carbocycles. The van der Waals surface area contributed by atoms with E-state index in [1.807, 2.05) is 12.1 Å². The molecule has 0 radical (unpaired) electrons. The highest BCUT2D eigenvalue weighted by Gasteiger charge is 2.29. The molecule has 7 nitrogen and oxygen atoms in total. The minimum Gasteiger partial charge on any atom is -0.339 e. The number of piperidine rings is 1. The van der Waals surface area contributed by atoms with E-state index in [1.165, 1.54) is 24.3 Å². The van der Waals surface area contributed by atoms with Crippen molar-refractivity contribution in [1.29, 1.82) is 0 Å². The molecule has 1 saturated heterocycles. The van der Waals surface area contributed by atoms with Crippen molar-refractivity contribution < 1.29 is 18.5 Å². The molecule has 31 heavy (non-hydrogen) atoms. The van der Waals surface area contributed by atoms with Crippen LogP contribution in [0.25, 0.3) is 11.4 Å². The van der Waals surface area contributed by atoms with E-state index in [9.17, 15) is 14.0 Å². The topological polar surface area (TPSA) is 88.3 Å². The Morgan fingerprint density at radius 3 is 2.81 bits per heavy atom. The third kappa shape index (κ3) is 4.79. The van der Waals surface area contributed by atoms with Gasteiger partial charge in [0.25, 0.3) is 5.91 Å². The van der Waals surface area contributed by atoms with Crippen LogP contribution in [0, 0.1) is 5.82 Å². The highest BCUT2D eigenvalue weighted by atomic mass is 19.1. The highest BCUT2D eigenvalue weighted by molar-refractivity contribution is 5.94. The summed E-state index contributed by atoms with van der Waals surface area (Å²) in [6, 6.07) is 12.8. The largest absolute Gasteiger partial charge is 0.339 e. The van der Waals surface area contributed by atoms with E-state index in [2.05, 4.69) is 15.5 Å². The summed E-state index contributed by atoms with van der Waals surface area (Å²) in [4.78, 5) is 30.7. The molecule has 0 spiro atoms. The normalized spacial score (nSPS) is 16.2. The summed E-state index contributed by atoms with van der Waals surface area (Å²) < 4.78 is 18.7. The zero-order valence-corrected chi connectivity index (χ0v) is 17.2. The molecule has 1 atom stereocenters. The lowest BCUT2D eigenvalue weighted by atomic mass is 9.97. The van der Waals surface area contributed by atoms with Crippen LogP contribution in [-0.4, -0.2) is 39.9 Å². The van der Waals surface area contributed by atoms with Crippen molar-refractivity contribution in [2.24, 2.45) is 0 Å². The monoisotopic (exact) mass is 422 g/mol. The van der Waals surface area contributed by atoms with Crippen molar-refractivity contribution in [2.45, 2.75) is 32.1 Å². The zero-order chi connectivity index (χ0) is 21.8. The van der Waals surface area contributed by atoms with Gasteiger partial charge in [0.2, 0.25) is 17.6 Å². The number of nitrogens with zero attached hydrogens (tertiary/aromatic N) is 3. The molecule has 2 heterocycles. The maximum atomic E-state index is 13.2. The van der Waals surface area contributed by atoms with Crippen LogP contribution >= 0.6 is 0 Å². The van der Waals surface area contributed by atoms with Crippen LogP contribution in [0.15, 0.2) is 53.1 Å². The lowest BCUT2D eigenvalue weighted by Crippen LogP contribution is -2.39. The smallest absolute Gasteiger partial charge is 0.253 e. The zero-order valence-electron chi connectivity index (χ0n) is 17.2. The van der Waals surface area contributed by atoms with Gasteiger partial charge in [-0.3, -0.25) is 9.59 Å². The molecule has 2 amide bonds.